The minimum absolute atomic E-state index is 0.230. The molecule has 2 aromatic heterocycles. The van der Waals surface area contributed by atoms with Gasteiger partial charge >= 0.3 is 0 Å². The van der Waals surface area contributed by atoms with Gasteiger partial charge < -0.3 is 19.5 Å². The van der Waals surface area contributed by atoms with Gasteiger partial charge in [0.25, 0.3) is 0 Å². The highest BCUT2D eigenvalue weighted by molar-refractivity contribution is 5.93. The van der Waals surface area contributed by atoms with Crippen LogP contribution >= 0.6 is 0 Å². The molecule has 0 saturated carbocycles. The van der Waals surface area contributed by atoms with Gasteiger partial charge in [-0.2, -0.15) is 5.10 Å². The molecule has 2 N–H and O–H groups in total. The highest BCUT2D eigenvalue weighted by Crippen LogP contribution is 2.30. The molecular weight excluding hydrogens is 407 g/mol. The Morgan fingerprint density at radius 3 is 2.88 bits per heavy atom. The van der Waals surface area contributed by atoms with Gasteiger partial charge in [-0.15, -0.1) is 0 Å². The summed E-state index contributed by atoms with van der Waals surface area (Å²) in [5.74, 6) is 0.390. The predicted molar refractivity (Wildman–Crippen MR) is 123 cm³/mol. The molecule has 2 aromatic carbocycles. The number of halogens is 1. The highest BCUT2D eigenvalue weighted by Gasteiger charge is 2.28. The third-order valence-corrected chi connectivity index (χ3v) is 6.71. The minimum atomic E-state index is -0.287. The molecule has 2 fully saturated rings. The van der Waals surface area contributed by atoms with Gasteiger partial charge in [0.15, 0.2) is 5.82 Å². The van der Waals surface area contributed by atoms with Crippen molar-refractivity contribution >= 4 is 27.6 Å². The molecule has 0 amide bonds. The number of H-pyrrole nitrogens is 2. The minimum Gasteiger partial charge on any atom is -0.373 e. The smallest absolute Gasteiger partial charge is 0.159 e. The Morgan fingerprint density at radius 2 is 2.00 bits per heavy atom. The lowest BCUT2D eigenvalue weighted by molar-refractivity contribution is 0.00482. The van der Waals surface area contributed by atoms with E-state index in [2.05, 4.69) is 50.1 Å². The molecule has 0 spiro atoms. The summed E-state index contributed by atoms with van der Waals surface area (Å²) in [6.45, 7) is 7.22. The maximum Gasteiger partial charge on any atom is 0.159 e. The zero-order valence-corrected chi connectivity index (χ0v) is 18.1. The number of anilines is 1. The van der Waals surface area contributed by atoms with E-state index in [1.165, 1.54) is 43.8 Å². The summed E-state index contributed by atoms with van der Waals surface area (Å²) in [7, 11) is 0. The molecule has 2 aliphatic heterocycles. The van der Waals surface area contributed by atoms with Crippen LogP contribution in [0.25, 0.3) is 33.5 Å². The number of benzene rings is 2. The van der Waals surface area contributed by atoms with Crippen LogP contribution in [0.1, 0.15) is 19.8 Å². The van der Waals surface area contributed by atoms with Gasteiger partial charge in [-0.05, 0) is 69.3 Å². The summed E-state index contributed by atoms with van der Waals surface area (Å²) in [6.07, 6.45) is 2.82. The topological polar surface area (TPSA) is 73.1 Å². The summed E-state index contributed by atoms with van der Waals surface area (Å²) < 4.78 is 19.7. The van der Waals surface area contributed by atoms with E-state index in [0.29, 0.717) is 23.1 Å². The lowest BCUT2D eigenvalue weighted by atomic mass is 10.1. The van der Waals surface area contributed by atoms with Crippen molar-refractivity contribution < 1.29 is 9.13 Å². The molecule has 32 heavy (non-hydrogen) atoms. The molecule has 6 rings (SSSR count). The van der Waals surface area contributed by atoms with Gasteiger partial charge in [0.2, 0.25) is 0 Å². The van der Waals surface area contributed by atoms with Crippen molar-refractivity contribution in [3.05, 3.63) is 42.2 Å². The number of aromatic amines is 2. The molecule has 0 aliphatic carbocycles. The van der Waals surface area contributed by atoms with Gasteiger partial charge in [-0.25, -0.2) is 9.37 Å². The molecule has 7 nitrogen and oxygen atoms in total. The fourth-order valence-electron chi connectivity index (χ4n) is 5.00. The van der Waals surface area contributed by atoms with Crippen LogP contribution < -0.4 is 4.90 Å². The van der Waals surface area contributed by atoms with Crippen LogP contribution in [0.3, 0.4) is 0 Å². The fourth-order valence-corrected chi connectivity index (χ4v) is 5.00. The average molecular weight is 435 g/mol. The third kappa shape index (κ3) is 3.53. The van der Waals surface area contributed by atoms with Crippen molar-refractivity contribution in [2.75, 3.05) is 37.7 Å². The van der Waals surface area contributed by atoms with Crippen LogP contribution in [0.2, 0.25) is 0 Å². The highest BCUT2D eigenvalue weighted by atomic mass is 19.1. The molecule has 0 unspecified atom stereocenters. The van der Waals surface area contributed by atoms with Crippen LogP contribution in [0.15, 0.2) is 36.4 Å². The summed E-state index contributed by atoms with van der Waals surface area (Å²) >= 11 is 0. The second-order valence-corrected chi connectivity index (χ2v) is 9.01. The first kappa shape index (κ1) is 19.7. The fraction of sp³-hybridized carbons (Fsp3) is 0.417. The second kappa shape index (κ2) is 7.86. The normalized spacial score (nSPS) is 22.4. The summed E-state index contributed by atoms with van der Waals surface area (Å²) in [5.41, 5.74) is 4.38. The van der Waals surface area contributed by atoms with Crippen molar-refractivity contribution in [3.63, 3.8) is 0 Å². The van der Waals surface area contributed by atoms with Crippen molar-refractivity contribution in [1.29, 1.82) is 0 Å². The molecule has 4 heterocycles. The molecule has 2 aliphatic rings. The van der Waals surface area contributed by atoms with Crippen LogP contribution in [0.5, 0.6) is 0 Å². The first-order chi connectivity index (χ1) is 15.6. The van der Waals surface area contributed by atoms with E-state index in [4.69, 9.17) is 9.72 Å². The maximum atomic E-state index is 13.5. The maximum absolute atomic E-state index is 13.5. The number of ether oxygens (including phenoxy) is 1. The number of morpholine rings is 1. The van der Waals surface area contributed by atoms with Gasteiger partial charge in [-0.3, -0.25) is 5.10 Å². The number of aromatic nitrogens is 4. The van der Waals surface area contributed by atoms with E-state index in [9.17, 15) is 4.39 Å². The Hall–Kier alpha value is -2.97. The van der Waals surface area contributed by atoms with Crippen molar-refractivity contribution in [3.8, 4) is 11.5 Å². The summed E-state index contributed by atoms with van der Waals surface area (Å²) in [6, 6.07) is 11.3. The Kier molecular flexibility index (Phi) is 4.84. The SMILES string of the molecule is C[C@H]1CO[C@H](CN2CCCC2)CN1c1ccc2nc(-c3n[nH]c4cc(F)ccc34)[nH]c2c1. The molecule has 166 valence electrons. The Balaban J connectivity index is 1.28. The largest absolute Gasteiger partial charge is 0.373 e. The Bertz CT molecular complexity index is 1260. The Labute approximate surface area is 185 Å². The third-order valence-electron chi connectivity index (χ3n) is 6.71. The van der Waals surface area contributed by atoms with E-state index >= 15 is 0 Å². The number of hydrogen-bond acceptors (Lipinski definition) is 5. The quantitative estimate of drug-likeness (QED) is 0.509. The number of fused-ring (bicyclic) bond motifs is 2. The first-order valence-corrected chi connectivity index (χ1v) is 11.4. The number of imidazole rings is 1. The van der Waals surface area contributed by atoms with E-state index in [0.717, 1.165) is 36.1 Å². The number of nitrogens with zero attached hydrogens (tertiary/aromatic N) is 4. The average Bonchev–Trinajstić information content (AvgIpc) is 3.53. The summed E-state index contributed by atoms with van der Waals surface area (Å²) in [4.78, 5) is 13.1. The van der Waals surface area contributed by atoms with Crippen molar-refractivity contribution in [1.82, 2.24) is 25.1 Å². The lowest BCUT2D eigenvalue weighted by Crippen LogP contribution is -2.51. The van der Waals surface area contributed by atoms with Gasteiger partial charge in [0, 0.05) is 30.2 Å². The van der Waals surface area contributed by atoms with Crippen LogP contribution in [-0.2, 0) is 4.74 Å². The second-order valence-electron chi connectivity index (χ2n) is 9.01. The van der Waals surface area contributed by atoms with Gasteiger partial charge in [0.05, 0.1) is 29.3 Å². The zero-order chi connectivity index (χ0) is 21.7. The first-order valence-electron chi connectivity index (χ1n) is 11.4. The van der Waals surface area contributed by atoms with Crippen LogP contribution in [0, 0.1) is 5.82 Å². The molecule has 0 radical (unpaired) electrons. The number of likely N-dealkylation sites (tertiary alicyclic amines) is 1. The lowest BCUT2D eigenvalue weighted by Gasteiger charge is -2.40. The predicted octanol–water partition coefficient (Wildman–Crippen LogP) is 3.93. The van der Waals surface area contributed by atoms with Gasteiger partial charge in [-0.1, -0.05) is 0 Å². The van der Waals surface area contributed by atoms with Gasteiger partial charge in [0.1, 0.15) is 11.5 Å². The number of nitrogens with one attached hydrogen (secondary N) is 2. The van der Waals surface area contributed by atoms with E-state index in [-0.39, 0.29) is 11.9 Å². The van der Waals surface area contributed by atoms with Crippen LogP contribution in [0.4, 0.5) is 10.1 Å². The zero-order valence-electron chi connectivity index (χ0n) is 18.1. The summed E-state index contributed by atoms with van der Waals surface area (Å²) in [5, 5.41) is 8.11. The van der Waals surface area contributed by atoms with E-state index in [1.54, 1.807) is 6.07 Å². The molecule has 4 aromatic rings. The molecule has 0 bridgehead atoms. The van der Waals surface area contributed by atoms with Crippen molar-refractivity contribution in [2.24, 2.45) is 0 Å². The molecule has 2 saturated heterocycles. The van der Waals surface area contributed by atoms with E-state index in [1.807, 2.05) is 0 Å². The molecular formula is C24H27FN6O. The van der Waals surface area contributed by atoms with Crippen molar-refractivity contribution in [2.45, 2.75) is 31.9 Å². The monoisotopic (exact) mass is 434 g/mol. The standard InChI is InChI=1S/C24H27FN6O/c1-15-14-32-18(12-30-8-2-3-9-30)13-31(15)17-5-7-20-22(11-17)27-24(26-20)23-19-6-4-16(25)10-21(19)28-29-23/h4-7,10-11,15,18H,2-3,8-9,12-14H2,1H3,(H,26,27)(H,28,29)/t15-,18+/m0/s1. The molecule has 8 heteroatoms. The Morgan fingerprint density at radius 1 is 1.12 bits per heavy atom. The molecule has 2 atom stereocenters. The van der Waals surface area contributed by atoms with E-state index < -0.39 is 0 Å². The van der Waals surface area contributed by atoms with Crippen LogP contribution in [-0.4, -0.2) is 70.0 Å². The number of rotatable bonds is 4. The number of hydrogen-bond donors (Lipinski definition) is 2.